The van der Waals surface area contributed by atoms with Gasteiger partial charge in [-0.05, 0) is 12.1 Å². The number of pyridine rings is 1. The number of piperazine rings is 1. The van der Waals surface area contributed by atoms with E-state index in [0.717, 1.165) is 63.0 Å². The molecule has 3 heterocycles. The molecule has 0 spiro atoms. The first-order chi connectivity index (χ1) is 11.8. The van der Waals surface area contributed by atoms with Crippen molar-refractivity contribution in [3.8, 4) is 0 Å². The van der Waals surface area contributed by atoms with E-state index in [2.05, 4.69) is 30.2 Å². The van der Waals surface area contributed by atoms with Crippen molar-refractivity contribution in [3.05, 3.63) is 48.1 Å². The minimum atomic E-state index is 0.836. The van der Waals surface area contributed by atoms with Crippen LogP contribution >= 0.6 is 0 Å². The van der Waals surface area contributed by atoms with E-state index >= 15 is 0 Å². The maximum atomic E-state index is 4.89. The molecule has 1 N–H and O–H groups in total. The molecule has 2 aromatic rings. The molecule has 24 heavy (non-hydrogen) atoms. The van der Waals surface area contributed by atoms with E-state index in [1.165, 1.54) is 0 Å². The lowest BCUT2D eigenvalue weighted by molar-refractivity contribution is 0.169. The highest BCUT2D eigenvalue weighted by molar-refractivity contribution is 5.80. The van der Waals surface area contributed by atoms with Gasteiger partial charge in [0.1, 0.15) is 6.26 Å². The summed E-state index contributed by atoms with van der Waals surface area (Å²) >= 11 is 0. The van der Waals surface area contributed by atoms with Gasteiger partial charge in [-0.15, -0.1) is 0 Å². The Labute approximate surface area is 142 Å². The van der Waals surface area contributed by atoms with Gasteiger partial charge in [0.25, 0.3) is 0 Å². The quantitative estimate of drug-likeness (QED) is 0.652. The third-order valence-electron chi connectivity index (χ3n) is 4.15. The number of nitrogens with zero attached hydrogens (tertiary/aromatic N) is 5. The zero-order valence-corrected chi connectivity index (χ0v) is 14.1. The van der Waals surface area contributed by atoms with Gasteiger partial charge in [-0.25, -0.2) is 0 Å². The van der Waals surface area contributed by atoms with Crippen molar-refractivity contribution >= 4 is 5.96 Å². The Kier molecular flexibility index (Phi) is 5.79. The molecule has 7 nitrogen and oxygen atoms in total. The van der Waals surface area contributed by atoms with Gasteiger partial charge in [0.2, 0.25) is 0 Å². The smallest absolute Gasteiger partial charge is 0.193 e. The predicted molar refractivity (Wildman–Crippen MR) is 92.7 cm³/mol. The number of nitrogens with one attached hydrogen (secondary N) is 1. The Bertz CT molecular complexity index is 620. The van der Waals surface area contributed by atoms with Crippen LogP contribution in [0.15, 0.2) is 46.2 Å². The number of guanidine groups is 1. The summed E-state index contributed by atoms with van der Waals surface area (Å²) in [6, 6.07) is 7.93. The summed E-state index contributed by atoms with van der Waals surface area (Å²) in [5.74, 6) is 0.965. The lowest BCUT2D eigenvalue weighted by atomic mass is 10.2. The minimum Gasteiger partial charge on any atom is -0.364 e. The average Bonchev–Trinajstić information content (AvgIpc) is 3.14. The van der Waals surface area contributed by atoms with Crippen molar-refractivity contribution in [1.82, 2.24) is 25.3 Å². The van der Waals surface area contributed by atoms with Crippen LogP contribution in [0.1, 0.15) is 11.4 Å². The molecule has 0 radical (unpaired) electrons. The molecular formula is C17H24N6O. The van der Waals surface area contributed by atoms with Gasteiger partial charge in [0, 0.05) is 70.7 Å². The highest BCUT2D eigenvalue weighted by Crippen LogP contribution is 2.07. The van der Waals surface area contributed by atoms with Crippen molar-refractivity contribution < 1.29 is 4.52 Å². The van der Waals surface area contributed by atoms with E-state index in [-0.39, 0.29) is 0 Å². The molecule has 128 valence electrons. The highest BCUT2D eigenvalue weighted by Gasteiger charge is 2.20. The molecule has 1 aliphatic heterocycles. The van der Waals surface area contributed by atoms with Gasteiger partial charge < -0.3 is 14.7 Å². The first-order valence-corrected chi connectivity index (χ1v) is 8.32. The Balaban J connectivity index is 1.42. The summed E-state index contributed by atoms with van der Waals surface area (Å²) in [5, 5.41) is 7.42. The van der Waals surface area contributed by atoms with Crippen LogP contribution in [0, 0.1) is 0 Å². The van der Waals surface area contributed by atoms with E-state index in [4.69, 9.17) is 4.52 Å². The Morgan fingerprint density at radius 2 is 2.08 bits per heavy atom. The molecule has 0 bridgehead atoms. The fourth-order valence-electron chi connectivity index (χ4n) is 2.85. The van der Waals surface area contributed by atoms with Crippen LogP contribution in [-0.2, 0) is 13.0 Å². The molecule has 0 atom stereocenters. The first kappa shape index (κ1) is 16.4. The van der Waals surface area contributed by atoms with Gasteiger partial charge in [-0.1, -0.05) is 11.2 Å². The number of hydrogen-bond donors (Lipinski definition) is 1. The van der Waals surface area contributed by atoms with E-state index in [1.807, 2.05) is 37.5 Å². The molecule has 0 aromatic carbocycles. The maximum Gasteiger partial charge on any atom is 0.193 e. The van der Waals surface area contributed by atoms with Crippen molar-refractivity contribution in [2.75, 3.05) is 39.8 Å². The standard InChI is InChI=1S/C17H24N6O/c1-18-17(20-8-5-15-4-2-3-7-19-15)23-11-9-22(10-12-23)14-16-6-13-24-21-16/h2-4,6-7,13H,5,8-12,14H2,1H3,(H,18,20). The summed E-state index contributed by atoms with van der Waals surface area (Å²) in [7, 11) is 1.84. The molecule has 0 amide bonds. The zero-order chi connectivity index (χ0) is 16.6. The highest BCUT2D eigenvalue weighted by atomic mass is 16.5. The predicted octanol–water partition coefficient (Wildman–Crippen LogP) is 1.01. The van der Waals surface area contributed by atoms with Crippen molar-refractivity contribution in [2.24, 2.45) is 4.99 Å². The average molecular weight is 328 g/mol. The Morgan fingerprint density at radius 1 is 1.21 bits per heavy atom. The molecule has 7 heteroatoms. The molecule has 0 aliphatic carbocycles. The van der Waals surface area contributed by atoms with Gasteiger partial charge in [-0.3, -0.25) is 14.9 Å². The second-order valence-electron chi connectivity index (χ2n) is 5.80. The fourth-order valence-corrected chi connectivity index (χ4v) is 2.85. The van der Waals surface area contributed by atoms with Gasteiger partial charge in [0.15, 0.2) is 5.96 Å². The largest absolute Gasteiger partial charge is 0.364 e. The van der Waals surface area contributed by atoms with Crippen molar-refractivity contribution in [2.45, 2.75) is 13.0 Å². The van der Waals surface area contributed by atoms with Crippen LogP contribution in [-0.4, -0.2) is 65.7 Å². The first-order valence-electron chi connectivity index (χ1n) is 8.32. The van der Waals surface area contributed by atoms with Crippen molar-refractivity contribution in [1.29, 1.82) is 0 Å². The van der Waals surface area contributed by atoms with Crippen LogP contribution in [0.2, 0.25) is 0 Å². The van der Waals surface area contributed by atoms with Gasteiger partial charge in [-0.2, -0.15) is 0 Å². The normalized spacial score (nSPS) is 16.4. The van der Waals surface area contributed by atoms with Crippen LogP contribution < -0.4 is 5.32 Å². The molecular weight excluding hydrogens is 304 g/mol. The summed E-state index contributed by atoms with van der Waals surface area (Å²) in [6.45, 7) is 5.59. The van der Waals surface area contributed by atoms with Crippen molar-refractivity contribution in [3.63, 3.8) is 0 Å². The van der Waals surface area contributed by atoms with E-state index in [1.54, 1.807) is 6.26 Å². The van der Waals surface area contributed by atoms with E-state index in [9.17, 15) is 0 Å². The van der Waals surface area contributed by atoms with E-state index in [0.29, 0.717) is 0 Å². The number of aromatic nitrogens is 2. The van der Waals surface area contributed by atoms with Crippen LogP contribution in [0.5, 0.6) is 0 Å². The van der Waals surface area contributed by atoms with Gasteiger partial charge in [0.05, 0.1) is 5.69 Å². The Hall–Kier alpha value is -2.41. The summed E-state index contributed by atoms with van der Waals surface area (Å²) in [6.07, 6.45) is 4.35. The number of aliphatic imine (C=N–C) groups is 1. The summed E-state index contributed by atoms with van der Waals surface area (Å²) in [4.78, 5) is 13.4. The lowest BCUT2D eigenvalue weighted by Gasteiger charge is -2.36. The van der Waals surface area contributed by atoms with E-state index < -0.39 is 0 Å². The fraction of sp³-hybridized carbons (Fsp3) is 0.471. The lowest BCUT2D eigenvalue weighted by Crippen LogP contribution is -2.52. The monoisotopic (exact) mass is 328 g/mol. The third kappa shape index (κ3) is 4.55. The molecule has 2 aromatic heterocycles. The SMILES string of the molecule is CN=C(NCCc1ccccn1)N1CCN(Cc2ccon2)CC1. The molecule has 0 unspecified atom stereocenters. The summed E-state index contributed by atoms with van der Waals surface area (Å²) < 4.78 is 4.89. The number of hydrogen-bond acceptors (Lipinski definition) is 5. The van der Waals surface area contributed by atoms with Gasteiger partial charge >= 0.3 is 0 Å². The maximum absolute atomic E-state index is 4.89. The molecule has 3 rings (SSSR count). The van der Waals surface area contributed by atoms with Crippen LogP contribution in [0.4, 0.5) is 0 Å². The van der Waals surface area contributed by atoms with Crippen LogP contribution in [0.3, 0.4) is 0 Å². The minimum absolute atomic E-state index is 0.836. The Morgan fingerprint density at radius 3 is 2.75 bits per heavy atom. The number of rotatable bonds is 5. The molecule has 1 saturated heterocycles. The summed E-state index contributed by atoms with van der Waals surface area (Å²) in [5.41, 5.74) is 2.08. The second-order valence-corrected chi connectivity index (χ2v) is 5.80. The topological polar surface area (TPSA) is 69.8 Å². The van der Waals surface area contributed by atoms with Crippen LogP contribution in [0.25, 0.3) is 0 Å². The third-order valence-corrected chi connectivity index (χ3v) is 4.15. The molecule has 1 fully saturated rings. The zero-order valence-electron chi connectivity index (χ0n) is 14.1. The molecule has 1 aliphatic rings. The molecule has 0 saturated carbocycles. The second kappa shape index (κ2) is 8.44.